The van der Waals surface area contributed by atoms with Gasteiger partial charge in [-0.25, -0.2) is 4.57 Å². The molecule has 11 heteroatoms. The van der Waals surface area contributed by atoms with Gasteiger partial charge in [-0.1, -0.05) is 90.9 Å². The first-order chi connectivity index (χ1) is 16.5. The molecule has 0 fully saturated rings. The van der Waals surface area contributed by atoms with Gasteiger partial charge in [-0.2, -0.15) is 0 Å². The Morgan fingerprint density at radius 3 is 1.74 bits per heavy atom. The molecule has 0 aliphatic rings. The molecule has 0 saturated carbocycles. The molecule has 0 aliphatic carbocycles. The number of hydrogen-bond acceptors (Lipinski definition) is 5. The fourth-order valence-electron chi connectivity index (χ4n) is 3.61. The van der Waals surface area contributed by atoms with Gasteiger partial charge in [0.15, 0.2) is 5.96 Å². The Morgan fingerprint density at radius 2 is 1.34 bits per heavy atom. The number of carbonyl (C=O) groups is 1. The fourth-order valence-corrected chi connectivity index (χ4v) is 4.01. The number of nitrogens with two attached hydrogens (primary N) is 2. The maximum absolute atomic E-state index is 10.9. The van der Waals surface area contributed by atoms with E-state index in [1.165, 1.54) is 64.2 Å². The van der Waals surface area contributed by atoms with Gasteiger partial charge in [0.1, 0.15) is 6.04 Å². The predicted octanol–water partition coefficient (Wildman–Crippen LogP) is 4.87. The monoisotopic (exact) mass is 524 g/mol. The standard InChI is InChI=1S/C18H39O4P.C6H14N4O2/c1-3-5-7-9-10-12-14-16-18(17-22-23(19,20)21)15-13-11-8-6-4-2;7-4(5(11)12)2-1-3-10-6(8)9/h18H,3-17H2,1-2H3,(H2,19,20,21);4H,1-3,7H2,(H,11,12)(H4,8,9,10). The molecule has 0 saturated heterocycles. The van der Waals surface area contributed by atoms with Crippen LogP contribution in [-0.4, -0.2) is 46.0 Å². The Morgan fingerprint density at radius 1 is 0.886 bits per heavy atom. The minimum Gasteiger partial charge on any atom is -0.480 e. The quantitative estimate of drug-likeness (QED) is 0.0447. The van der Waals surface area contributed by atoms with Crippen LogP contribution < -0.4 is 16.8 Å². The van der Waals surface area contributed by atoms with Crippen molar-refractivity contribution in [3.63, 3.8) is 0 Å². The van der Waals surface area contributed by atoms with Crippen LogP contribution in [0.4, 0.5) is 0 Å². The lowest BCUT2D eigenvalue weighted by molar-refractivity contribution is -0.138. The SMILES string of the molecule is CCCCCCCCCC(CCCCCCC)COP(=O)(O)O.N=C(N)NCCCC(N)C(=O)O. The average molecular weight is 525 g/mol. The second kappa shape index (κ2) is 24.5. The normalized spacial score (nSPS) is 12.9. The second-order valence-corrected chi connectivity index (χ2v) is 10.4. The summed E-state index contributed by atoms with van der Waals surface area (Å²) in [7, 11) is -4.33. The first-order valence-electron chi connectivity index (χ1n) is 13.3. The lowest BCUT2D eigenvalue weighted by Gasteiger charge is -2.17. The van der Waals surface area contributed by atoms with Crippen LogP contribution >= 0.6 is 7.82 Å². The molecule has 0 heterocycles. The van der Waals surface area contributed by atoms with Gasteiger partial charge in [-0.3, -0.25) is 14.7 Å². The van der Waals surface area contributed by atoms with E-state index in [2.05, 4.69) is 19.2 Å². The maximum atomic E-state index is 10.9. The average Bonchev–Trinajstić information content (AvgIpc) is 2.78. The Balaban J connectivity index is 0. The van der Waals surface area contributed by atoms with Crippen LogP contribution in [0.1, 0.15) is 117 Å². The fraction of sp³-hybridized carbons (Fsp3) is 0.917. The third-order valence-corrected chi connectivity index (χ3v) is 6.22. The number of nitrogens with one attached hydrogen (secondary N) is 2. The van der Waals surface area contributed by atoms with E-state index in [9.17, 15) is 9.36 Å². The highest BCUT2D eigenvalue weighted by atomic mass is 31.2. The summed E-state index contributed by atoms with van der Waals surface area (Å²) in [4.78, 5) is 28.0. The lowest BCUT2D eigenvalue weighted by Crippen LogP contribution is -2.34. The minimum absolute atomic E-state index is 0.112. The third kappa shape index (κ3) is 30.8. The highest BCUT2D eigenvalue weighted by Crippen LogP contribution is 2.37. The van der Waals surface area contributed by atoms with Gasteiger partial charge in [0.25, 0.3) is 0 Å². The van der Waals surface area contributed by atoms with Crippen LogP contribution in [-0.2, 0) is 13.9 Å². The summed E-state index contributed by atoms with van der Waals surface area (Å²) in [6, 6.07) is -0.821. The molecule has 10 nitrogen and oxygen atoms in total. The summed E-state index contributed by atoms with van der Waals surface area (Å²) in [5, 5.41) is 17.7. The number of unbranched alkanes of at least 4 members (excludes halogenated alkanes) is 10. The molecule has 210 valence electrons. The van der Waals surface area contributed by atoms with E-state index in [0.29, 0.717) is 25.3 Å². The number of carboxylic acid groups (broad SMARTS) is 1. The Kier molecular flexibility index (Phi) is 25.2. The molecule has 0 aliphatic heterocycles. The van der Waals surface area contributed by atoms with Gasteiger partial charge in [-0.15, -0.1) is 0 Å². The lowest BCUT2D eigenvalue weighted by atomic mass is 9.95. The van der Waals surface area contributed by atoms with Gasteiger partial charge in [0.05, 0.1) is 6.61 Å². The molecule has 9 N–H and O–H groups in total. The van der Waals surface area contributed by atoms with Crippen LogP contribution in [0.25, 0.3) is 0 Å². The van der Waals surface area contributed by atoms with Crippen molar-refractivity contribution in [3.8, 4) is 0 Å². The summed E-state index contributed by atoms with van der Waals surface area (Å²) in [5.74, 6) is -0.823. The minimum atomic E-state index is -4.33. The van der Waals surface area contributed by atoms with Crippen molar-refractivity contribution in [1.82, 2.24) is 5.32 Å². The molecule has 0 bridgehead atoms. The highest BCUT2D eigenvalue weighted by molar-refractivity contribution is 7.46. The molecule has 0 amide bonds. The van der Waals surface area contributed by atoms with Crippen molar-refractivity contribution in [2.24, 2.45) is 17.4 Å². The molecule has 0 aromatic rings. The summed E-state index contributed by atoms with van der Waals surface area (Å²) < 4.78 is 15.6. The summed E-state index contributed by atoms with van der Waals surface area (Å²) >= 11 is 0. The van der Waals surface area contributed by atoms with Gasteiger partial charge < -0.3 is 31.7 Å². The van der Waals surface area contributed by atoms with E-state index in [1.54, 1.807) is 0 Å². The number of carboxylic acids is 1. The molecular formula is C24H53N4O6P. The Labute approximate surface area is 212 Å². The second-order valence-electron chi connectivity index (χ2n) is 9.19. The van der Waals surface area contributed by atoms with Gasteiger partial charge in [0, 0.05) is 6.54 Å². The molecule has 0 rings (SSSR count). The van der Waals surface area contributed by atoms with Crippen LogP contribution in [0.2, 0.25) is 0 Å². The predicted molar refractivity (Wildman–Crippen MR) is 142 cm³/mol. The molecular weight excluding hydrogens is 471 g/mol. The molecule has 2 unspecified atom stereocenters. The van der Waals surface area contributed by atoms with Gasteiger partial charge >= 0.3 is 13.8 Å². The van der Waals surface area contributed by atoms with Gasteiger partial charge in [-0.05, 0) is 31.6 Å². The molecule has 0 aromatic carbocycles. The van der Waals surface area contributed by atoms with Crippen molar-refractivity contribution in [2.45, 2.75) is 123 Å². The van der Waals surface area contributed by atoms with E-state index in [0.717, 1.165) is 25.7 Å². The Hall–Kier alpha value is -1.19. The Bertz CT molecular complexity index is 562. The first kappa shape index (κ1) is 36.0. The number of guanidine groups is 1. The molecule has 0 spiro atoms. The van der Waals surface area contributed by atoms with Gasteiger partial charge in [0.2, 0.25) is 0 Å². The number of phosphoric acid groups is 1. The summed E-state index contributed by atoms with van der Waals surface area (Å²) in [5.41, 5.74) is 10.2. The zero-order valence-corrected chi connectivity index (χ0v) is 22.9. The van der Waals surface area contributed by atoms with Crippen molar-refractivity contribution in [3.05, 3.63) is 0 Å². The molecule has 0 aromatic heterocycles. The molecule has 0 radical (unpaired) electrons. The number of rotatable bonds is 22. The van der Waals surface area contributed by atoms with Crippen molar-refractivity contribution in [1.29, 1.82) is 5.41 Å². The molecule has 2 atom stereocenters. The largest absolute Gasteiger partial charge is 0.480 e. The third-order valence-electron chi connectivity index (χ3n) is 5.73. The van der Waals surface area contributed by atoms with Crippen LogP contribution in [0, 0.1) is 11.3 Å². The zero-order valence-electron chi connectivity index (χ0n) is 22.1. The van der Waals surface area contributed by atoms with E-state index in [1.807, 2.05) is 0 Å². The summed E-state index contributed by atoms with van der Waals surface area (Å²) in [6.07, 6.45) is 18.1. The highest BCUT2D eigenvalue weighted by Gasteiger charge is 2.18. The van der Waals surface area contributed by atoms with E-state index in [4.69, 9.17) is 36.3 Å². The van der Waals surface area contributed by atoms with Crippen LogP contribution in [0.15, 0.2) is 0 Å². The van der Waals surface area contributed by atoms with Crippen LogP contribution in [0.5, 0.6) is 0 Å². The maximum Gasteiger partial charge on any atom is 0.469 e. The van der Waals surface area contributed by atoms with E-state index >= 15 is 0 Å². The smallest absolute Gasteiger partial charge is 0.469 e. The topological polar surface area (TPSA) is 192 Å². The number of aliphatic carboxylic acids is 1. The van der Waals surface area contributed by atoms with Crippen LogP contribution in [0.3, 0.4) is 0 Å². The first-order valence-corrected chi connectivity index (χ1v) is 14.8. The molecule has 35 heavy (non-hydrogen) atoms. The zero-order chi connectivity index (χ0) is 27.0. The van der Waals surface area contributed by atoms with Crippen molar-refractivity contribution < 1.29 is 28.8 Å². The number of hydrogen-bond donors (Lipinski definition) is 7. The van der Waals surface area contributed by atoms with E-state index in [-0.39, 0.29) is 12.6 Å². The van der Waals surface area contributed by atoms with E-state index < -0.39 is 19.8 Å². The summed E-state index contributed by atoms with van der Waals surface area (Å²) in [6.45, 7) is 5.12. The number of phosphoric ester groups is 1. The van der Waals surface area contributed by atoms with Crippen molar-refractivity contribution >= 4 is 19.8 Å². The van der Waals surface area contributed by atoms with Crippen molar-refractivity contribution in [2.75, 3.05) is 13.2 Å².